The molecule has 27 heavy (non-hydrogen) atoms. The highest BCUT2D eigenvalue weighted by Crippen LogP contribution is 2.28. The Morgan fingerprint density at radius 2 is 1.93 bits per heavy atom. The Bertz CT molecular complexity index is 947. The monoisotopic (exact) mass is 384 g/mol. The van der Waals surface area contributed by atoms with E-state index >= 15 is 0 Å². The number of thiophene rings is 1. The number of nitrogens with one attached hydrogen (secondary N) is 2. The van der Waals surface area contributed by atoms with E-state index in [0.29, 0.717) is 16.3 Å². The number of aliphatic hydroxyl groups excluding tert-OH is 1. The lowest BCUT2D eigenvalue weighted by molar-refractivity contribution is -0.136. The Labute approximate surface area is 160 Å². The molecule has 0 aliphatic rings. The van der Waals surface area contributed by atoms with Crippen molar-refractivity contribution in [2.75, 3.05) is 5.32 Å². The van der Waals surface area contributed by atoms with Crippen LogP contribution in [0.5, 0.6) is 0 Å². The molecule has 1 aromatic carbocycles. The van der Waals surface area contributed by atoms with Gasteiger partial charge in [0.1, 0.15) is 11.9 Å². The topological polar surface area (TPSA) is 91.6 Å². The number of carbonyl (C=O) groups is 2. The van der Waals surface area contributed by atoms with E-state index in [1.165, 1.54) is 17.6 Å². The number of furan rings is 1. The summed E-state index contributed by atoms with van der Waals surface area (Å²) < 4.78 is 5.19. The highest BCUT2D eigenvalue weighted by molar-refractivity contribution is 7.12. The summed E-state index contributed by atoms with van der Waals surface area (Å²) in [6.07, 6.45) is 0.657. The SMILES string of the molecule is Cc1ccc(NC(=O)C(=O)NCc2ccc(C(O)c3ccco3)s2)cc1C. The fraction of sp³-hybridized carbons (Fsp3) is 0.200. The number of anilines is 1. The van der Waals surface area contributed by atoms with Gasteiger partial charge in [0.2, 0.25) is 0 Å². The normalized spacial score (nSPS) is 11.8. The molecule has 0 fully saturated rings. The number of rotatable bonds is 5. The van der Waals surface area contributed by atoms with Crippen LogP contribution in [0.3, 0.4) is 0 Å². The van der Waals surface area contributed by atoms with Crippen molar-refractivity contribution in [3.63, 3.8) is 0 Å². The lowest BCUT2D eigenvalue weighted by atomic mass is 10.1. The second kappa shape index (κ2) is 8.20. The van der Waals surface area contributed by atoms with E-state index < -0.39 is 17.9 Å². The maximum atomic E-state index is 12.0. The van der Waals surface area contributed by atoms with Crippen molar-refractivity contribution >= 4 is 28.8 Å². The zero-order chi connectivity index (χ0) is 19.4. The molecule has 3 N–H and O–H groups in total. The van der Waals surface area contributed by atoms with Gasteiger partial charge in [0.15, 0.2) is 0 Å². The van der Waals surface area contributed by atoms with E-state index in [4.69, 9.17) is 4.42 Å². The third-order valence-electron chi connectivity index (χ3n) is 4.16. The number of aryl methyl sites for hydroxylation is 2. The van der Waals surface area contributed by atoms with Crippen molar-refractivity contribution < 1.29 is 19.1 Å². The number of aliphatic hydroxyl groups is 1. The van der Waals surface area contributed by atoms with Gasteiger partial charge >= 0.3 is 11.8 Å². The molecule has 0 bridgehead atoms. The van der Waals surface area contributed by atoms with Crippen molar-refractivity contribution in [3.05, 3.63) is 75.4 Å². The molecular formula is C20H20N2O4S. The van der Waals surface area contributed by atoms with E-state index in [2.05, 4.69) is 10.6 Å². The van der Waals surface area contributed by atoms with Crippen LogP contribution in [0.1, 0.15) is 32.7 Å². The summed E-state index contributed by atoms with van der Waals surface area (Å²) in [5.74, 6) is -0.972. The van der Waals surface area contributed by atoms with E-state index in [-0.39, 0.29) is 6.54 Å². The van der Waals surface area contributed by atoms with Crippen LogP contribution in [0, 0.1) is 13.8 Å². The van der Waals surface area contributed by atoms with Crippen molar-refractivity contribution in [1.82, 2.24) is 5.32 Å². The second-order valence-corrected chi connectivity index (χ2v) is 7.36. The molecule has 2 aromatic heterocycles. The van der Waals surface area contributed by atoms with Gasteiger partial charge in [0, 0.05) is 15.4 Å². The maximum absolute atomic E-state index is 12.0. The molecule has 2 amide bonds. The van der Waals surface area contributed by atoms with Crippen molar-refractivity contribution in [2.45, 2.75) is 26.5 Å². The highest BCUT2D eigenvalue weighted by atomic mass is 32.1. The Balaban J connectivity index is 1.54. The standard InChI is InChI=1S/C20H20N2O4S/c1-12-5-6-14(10-13(12)2)22-20(25)19(24)21-11-15-7-8-17(27-15)18(23)16-4-3-9-26-16/h3-10,18,23H,11H2,1-2H3,(H,21,24)(H,22,25). The van der Waals surface area contributed by atoms with Crippen LogP contribution in [-0.4, -0.2) is 16.9 Å². The van der Waals surface area contributed by atoms with Gasteiger partial charge in [0.25, 0.3) is 0 Å². The fourth-order valence-corrected chi connectivity index (χ4v) is 3.43. The number of carbonyl (C=O) groups excluding carboxylic acids is 2. The summed E-state index contributed by atoms with van der Waals surface area (Å²) in [5, 5.41) is 15.4. The predicted molar refractivity (Wildman–Crippen MR) is 103 cm³/mol. The van der Waals surface area contributed by atoms with E-state index in [0.717, 1.165) is 16.0 Å². The molecule has 3 rings (SSSR count). The van der Waals surface area contributed by atoms with Gasteiger partial charge in [-0.2, -0.15) is 0 Å². The van der Waals surface area contributed by atoms with E-state index in [9.17, 15) is 14.7 Å². The molecule has 1 unspecified atom stereocenters. The van der Waals surface area contributed by atoms with Crippen LogP contribution < -0.4 is 10.6 Å². The predicted octanol–water partition coefficient (Wildman–Crippen LogP) is 3.29. The zero-order valence-corrected chi connectivity index (χ0v) is 15.8. The maximum Gasteiger partial charge on any atom is 0.313 e. The first-order valence-corrected chi connectivity index (χ1v) is 9.22. The summed E-state index contributed by atoms with van der Waals surface area (Å²) in [4.78, 5) is 25.6. The number of hydrogen-bond acceptors (Lipinski definition) is 5. The molecule has 0 aliphatic carbocycles. The van der Waals surface area contributed by atoms with Crippen LogP contribution in [0.4, 0.5) is 5.69 Å². The third-order valence-corrected chi connectivity index (χ3v) is 5.30. The third kappa shape index (κ3) is 4.64. The molecule has 6 nitrogen and oxygen atoms in total. The van der Waals surface area contributed by atoms with Gasteiger partial charge in [-0.05, 0) is 61.4 Å². The molecule has 0 spiro atoms. The minimum Gasteiger partial charge on any atom is -0.466 e. The summed E-state index contributed by atoms with van der Waals surface area (Å²) >= 11 is 1.34. The lowest BCUT2D eigenvalue weighted by Gasteiger charge is -2.08. The fourth-order valence-electron chi connectivity index (χ4n) is 2.48. The first kappa shape index (κ1) is 18.9. The minimum atomic E-state index is -0.845. The van der Waals surface area contributed by atoms with Crippen LogP contribution >= 0.6 is 11.3 Å². The Morgan fingerprint density at radius 1 is 1.11 bits per heavy atom. The van der Waals surface area contributed by atoms with Gasteiger partial charge < -0.3 is 20.2 Å². The average molecular weight is 384 g/mol. The lowest BCUT2D eigenvalue weighted by Crippen LogP contribution is -2.34. The summed E-state index contributed by atoms with van der Waals surface area (Å²) in [6, 6.07) is 12.4. The highest BCUT2D eigenvalue weighted by Gasteiger charge is 2.17. The van der Waals surface area contributed by atoms with Crippen LogP contribution in [0.25, 0.3) is 0 Å². The summed E-state index contributed by atoms with van der Waals surface area (Å²) in [6.45, 7) is 4.12. The van der Waals surface area contributed by atoms with Gasteiger partial charge in [-0.15, -0.1) is 11.3 Å². The second-order valence-electron chi connectivity index (χ2n) is 6.16. The van der Waals surface area contributed by atoms with E-state index in [1.807, 2.05) is 26.0 Å². The van der Waals surface area contributed by atoms with Crippen molar-refractivity contribution in [1.29, 1.82) is 0 Å². The first-order chi connectivity index (χ1) is 12.9. The number of amides is 2. The molecule has 7 heteroatoms. The molecule has 1 atom stereocenters. The Hall–Kier alpha value is -2.90. The molecule has 0 radical (unpaired) electrons. The molecule has 0 saturated heterocycles. The van der Waals surface area contributed by atoms with E-state index in [1.54, 1.807) is 30.3 Å². The van der Waals surface area contributed by atoms with Crippen molar-refractivity contribution in [3.8, 4) is 0 Å². The molecule has 3 aromatic rings. The largest absolute Gasteiger partial charge is 0.466 e. The minimum absolute atomic E-state index is 0.203. The van der Waals surface area contributed by atoms with Gasteiger partial charge in [-0.25, -0.2) is 0 Å². The van der Waals surface area contributed by atoms with Crippen LogP contribution in [0.2, 0.25) is 0 Å². The van der Waals surface area contributed by atoms with Crippen LogP contribution in [-0.2, 0) is 16.1 Å². The quantitative estimate of drug-likeness (QED) is 0.589. The number of hydrogen-bond donors (Lipinski definition) is 3. The Kier molecular flexibility index (Phi) is 5.73. The zero-order valence-electron chi connectivity index (χ0n) is 15.0. The van der Waals surface area contributed by atoms with Crippen molar-refractivity contribution in [2.24, 2.45) is 0 Å². The molecule has 2 heterocycles. The molecular weight excluding hydrogens is 364 g/mol. The summed E-state index contributed by atoms with van der Waals surface area (Å²) in [7, 11) is 0. The van der Waals surface area contributed by atoms with Gasteiger partial charge in [-0.1, -0.05) is 6.07 Å². The smallest absolute Gasteiger partial charge is 0.313 e. The average Bonchev–Trinajstić information content (AvgIpc) is 3.34. The van der Waals surface area contributed by atoms with Gasteiger partial charge in [-0.3, -0.25) is 9.59 Å². The first-order valence-electron chi connectivity index (χ1n) is 8.40. The van der Waals surface area contributed by atoms with Gasteiger partial charge in [0.05, 0.1) is 12.8 Å². The summed E-state index contributed by atoms with van der Waals surface area (Å²) in [5.41, 5.74) is 2.73. The van der Waals surface area contributed by atoms with Crippen LogP contribution in [0.15, 0.2) is 53.1 Å². The molecule has 140 valence electrons. The Morgan fingerprint density at radius 3 is 2.63 bits per heavy atom. The molecule has 0 saturated carbocycles. The number of benzene rings is 1. The molecule has 0 aliphatic heterocycles.